The zero-order chi connectivity index (χ0) is 16.0. The molecule has 0 saturated carbocycles. The number of hydrogen-bond acceptors (Lipinski definition) is 4. The molecular formula is C18H30N2O2. The predicted octanol–water partition coefficient (Wildman–Crippen LogP) is 1.89. The average molecular weight is 306 g/mol. The molecule has 0 aromatic heterocycles. The summed E-state index contributed by atoms with van der Waals surface area (Å²) in [4.78, 5) is 2.32. The van der Waals surface area contributed by atoms with Gasteiger partial charge in [-0.05, 0) is 57.3 Å². The van der Waals surface area contributed by atoms with Gasteiger partial charge < -0.3 is 15.5 Å². The summed E-state index contributed by atoms with van der Waals surface area (Å²) < 4.78 is 0. The second kappa shape index (κ2) is 8.06. The second-order valence-electron chi connectivity index (χ2n) is 7.09. The van der Waals surface area contributed by atoms with Gasteiger partial charge in [0.15, 0.2) is 0 Å². The first-order chi connectivity index (χ1) is 10.4. The van der Waals surface area contributed by atoms with E-state index in [1.807, 2.05) is 13.8 Å². The van der Waals surface area contributed by atoms with Crippen LogP contribution in [0.15, 0.2) is 24.3 Å². The van der Waals surface area contributed by atoms with Crippen molar-refractivity contribution in [3.63, 3.8) is 0 Å². The minimum atomic E-state index is -0.601. The van der Waals surface area contributed by atoms with E-state index in [2.05, 4.69) is 34.5 Å². The minimum absolute atomic E-state index is 0.159. The molecule has 2 rings (SSSR count). The highest BCUT2D eigenvalue weighted by atomic mass is 16.3. The Bertz CT molecular complexity index is 439. The number of β-amino-alcohol motifs (C(OH)–C–C–N with tert-alkyl or cyclic N) is 1. The first-order valence-electron chi connectivity index (χ1n) is 8.34. The van der Waals surface area contributed by atoms with Crippen molar-refractivity contribution in [2.45, 2.75) is 57.9 Å². The Balaban J connectivity index is 1.73. The summed E-state index contributed by atoms with van der Waals surface area (Å²) in [7, 11) is 0. The maximum Gasteiger partial charge on any atom is 0.0667 e. The van der Waals surface area contributed by atoms with Gasteiger partial charge in [-0.25, -0.2) is 0 Å². The molecule has 22 heavy (non-hydrogen) atoms. The van der Waals surface area contributed by atoms with Gasteiger partial charge in [0.05, 0.1) is 11.7 Å². The van der Waals surface area contributed by atoms with Gasteiger partial charge in [-0.15, -0.1) is 0 Å². The van der Waals surface area contributed by atoms with Crippen molar-refractivity contribution in [1.82, 2.24) is 10.2 Å². The number of rotatable bonds is 7. The Hall–Kier alpha value is -0.940. The van der Waals surface area contributed by atoms with E-state index in [1.165, 1.54) is 11.1 Å². The quantitative estimate of drug-likeness (QED) is 0.674. The molecule has 4 nitrogen and oxygen atoms in total. The van der Waals surface area contributed by atoms with Crippen molar-refractivity contribution in [2.75, 3.05) is 19.6 Å². The van der Waals surface area contributed by atoms with E-state index in [4.69, 9.17) is 0 Å². The fourth-order valence-corrected chi connectivity index (χ4v) is 2.82. The lowest BCUT2D eigenvalue weighted by Crippen LogP contribution is -2.37. The van der Waals surface area contributed by atoms with Crippen LogP contribution in [0.25, 0.3) is 0 Å². The summed E-state index contributed by atoms with van der Waals surface area (Å²) >= 11 is 0. The van der Waals surface area contributed by atoms with Gasteiger partial charge in [-0.1, -0.05) is 24.3 Å². The van der Waals surface area contributed by atoms with Crippen LogP contribution in [0, 0.1) is 0 Å². The smallest absolute Gasteiger partial charge is 0.0667 e. The lowest BCUT2D eigenvalue weighted by Gasteiger charge is -2.30. The largest absolute Gasteiger partial charge is 0.392 e. The highest BCUT2D eigenvalue weighted by molar-refractivity contribution is 5.22. The molecule has 1 aromatic carbocycles. The first kappa shape index (κ1) is 17.4. The summed E-state index contributed by atoms with van der Waals surface area (Å²) in [5.41, 5.74) is 1.96. The number of nitrogens with one attached hydrogen (secondary N) is 1. The molecule has 4 heteroatoms. The monoisotopic (exact) mass is 306 g/mol. The maximum absolute atomic E-state index is 9.71. The van der Waals surface area contributed by atoms with Gasteiger partial charge in [0.25, 0.3) is 0 Å². The van der Waals surface area contributed by atoms with E-state index in [0.29, 0.717) is 0 Å². The summed E-state index contributed by atoms with van der Waals surface area (Å²) in [6.45, 7) is 8.11. The maximum atomic E-state index is 9.71. The predicted molar refractivity (Wildman–Crippen MR) is 89.6 cm³/mol. The van der Waals surface area contributed by atoms with Crippen molar-refractivity contribution in [3.8, 4) is 0 Å². The molecule has 1 unspecified atom stereocenters. The minimum Gasteiger partial charge on any atom is -0.392 e. The van der Waals surface area contributed by atoms with Crippen molar-refractivity contribution < 1.29 is 10.2 Å². The Morgan fingerprint density at radius 1 is 1.23 bits per heavy atom. The molecular weight excluding hydrogens is 276 g/mol. The van der Waals surface area contributed by atoms with Crippen LogP contribution in [0.1, 0.15) is 44.2 Å². The van der Waals surface area contributed by atoms with Crippen LogP contribution in [0.5, 0.6) is 0 Å². The third-order valence-electron chi connectivity index (χ3n) is 4.15. The zero-order valence-corrected chi connectivity index (χ0v) is 13.9. The fraction of sp³-hybridized carbons (Fsp3) is 0.667. The Labute approximate surface area is 134 Å². The van der Waals surface area contributed by atoms with Crippen LogP contribution in [0.2, 0.25) is 0 Å². The molecule has 1 aliphatic heterocycles. The summed E-state index contributed by atoms with van der Waals surface area (Å²) in [5.74, 6) is 0. The van der Waals surface area contributed by atoms with Crippen LogP contribution < -0.4 is 5.32 Å². The molecule has 0 radical (unpaired) electrons. The number of aliphatic hydroxyl groups is 2. The average Bonchev–Trinajstić information content (AvgIpc) is 2.44. The molecule has 1 aliphatic rings. The second-order valence-corrected chi connectivity index (χ2v) is 7.09. The first-order valence-corrected chi connectivity index (χ1v) is 8.34. The molecule has 0 spiro atoms. The van der Waals surface area contributed by atoms with Crippen LogP contribution in [-0.2, 0) is 13.1 Å². The number of likely N-dealkylation sites (tertiary alicyclic amines) is 1. The summed E-state index contributed by atoms with van der Waals surface area (Å²) in [5, 5.41) is 22.7. The SMILES string of the molecule is CC(C)(O)CCNCc1ccc(CN2CCCC(O)C2)cc1. The highest BCUT2D eigenvalue weighted by Gasteiger charge is 2.17. The van der Waals surface area contributed by atoms with Gasteiger partial charge in [0, 0.05) is 19.6 Å². The van der Waals surface area contributed by atoms with Crippen molar-refractivity contribution in [2.24, 2.45) is 0 Å². The van der Waals surface area contributed by atoms with E-state index < -0.39 is 5.60 Å². The van der Waals surface area contributed by atoms with Crippen molar-refractivity contribution >= 4 is 0 Å². The topological polar surface area (TPSA) is 55.7 Å². The molecule has 0 aliphatic carbocycles. The van der Waals surface area contributed by atoms with E-state index in [-0.39, 0.29) is 6.10 Å². The van der Waals surface area contributed by atoms with Gasteiger partial charge in [-0.3, -0.25) is 4.90 Å². The molecule has 124 valence electrons. The Morgan fingerprint density at radius 2 is 1.91 bits per heavy atom. The van der Waals surface area contributed by atoms with Crippen LogP contribution in [-0.4, -0.2) is 46.5 Å². The number of hydrogen-bond donors (Lipinski definition) is 3. The molecule has 1 fully saturated rings. The van der Waals surface area contributed by atoms with Gasteiger partial charge in [0.1, 0.15) is 0 Å². The van der Waals surface area contributed by atoms with Gasteiger partial charge in [-0.2, -0.15) is 0 Å². The third kappa shape index (κ3) is 6.44. The molecule has 1 aromatic rings. The number of aliphatic hydroxyl groups excluding tert-OH is 1. The fourth-order valence-electron chi connectivity index (χ4n) is 2.82. The Kier molecular flexibility index (Phi) is 6.38. The van der Waals surface area contributed by atoms with Crippen LogP contribution >= 0.6 is 0 Å². The number of benzene rings is 1. The number of nitrogens with zero attached hydrogens (tertiary/aromatic N) is 1. The Morgan fingerprint density at radius 3 is 2.55 bits per heavy atom. The molecule has 1 atom stereocenters. The van der Waals surface area contributed by atoms with E-state index in [1.54, 1.807) is 0 Å². The van der Waals surface area contributed by atoms with Crippen molar-refractivity contribution in [1.29, 1.82) is 0 Å². The highest BCUT2D eigenvalue weighted by Crippen LogP contribution is 2.14. The molecule has 0 bridgehead atoms. The van der Waals surface area contributed by atoms with Crippen LogP contribution in [0.4, 0.5) is 0 Å². The normalized spacial score (nSPS) is 20.3. The standard InChI is InChI=1S/C18H30N2O2/c1-18(2,22)9-10-19-12-15-5-7-16(8-6-15)13-20-11-3-4-17(21)14-20/h5-8,17,19,21-22H,3-4,9-14H2,1-2H3. The molecule has 1 saturated heterocycles. The molecule has 0 amide bonds. The van der Waals surface area contributed by atoms with Gasteiger partial charge >= 0.3 is 0 Å². The molecule has 1 heterocycles. The third-order valence-corrected chi connectivity index (χ3v) is 4.15. The van der Waals surface area contributed by atoms with E-state index in [9.17, 15) is 10.2 Å². The van der Waals surface area contributed by atoms with Crippen molar-refractivity contribution in [3.05, 3.63) is 35.4 Å². The zero-order valence-electron chi connectivity index (χ0n) is 13.9. The summed E-state index contributed by atoms with van der Waals surface area (Å²) in [6, 6.07) is 8.67. The van der Waals surface area contributed by atoms with Crippen LogP contribution in [0.3, 0.4) is 0 Å². The lowest BCUT2D eigenvalue weighted by molar-refractivity contribution is 0.0668. The van der Waals surface area contributed by atoms with E-state index >= 15 is 0 Å². The summed E-state index contributed by atoms with van der Waals surface area (Å²) in [6.07, 6.45) is 2.62. The van der Waals surface area contributed by atoms with E-state index in [0.717, 1.165) is 52.0 Å². The van der Waals surface area contributed by atoms with Gasteiger partial charge in [0.2, 0.25) is 0 Å². The number of piperidine rings is 1. The lowest BCUT2D eigenvalue weighted by atomic mass is 10.1. The molecule has 3 N–H and O–H groups in total.